The van der Waals surface area contributed by atoms with Gasteiger partial charge in [-0.2, -0.15) is 0 Å². The molecule has 0 heterocycles. The molecule has 9 heteroatoms. The van der Waals surface area contributed by atoms with Gasteiger partial charge < -0.3 is 15.0 Å². The fourth-order valence-electron chi connectivity index (χ4n) is 4.38. The standard InChI is InChI=1S/C32H41N3O5S/c1-6-25(5)33-32(37)30(7-2)34(22-26-16-14-24(4)15-17-26)31(36)23-35(27-12-10-9-11-13-27)41(38,39)29-20-18-28(19-21-29)40-8-3/h9-21,25,30H,6-8,22-23H2,1-5H3,(H,33,37). The minimum atomic E-state index is -4.14. The first-order chi connectivity index (χ1) is 19.6. The third-order valence-corrected chi connectivity index (χ3v) is 8.69. The number of benzene rings is 3. The van der Waals surface area contributed by atoms with Crippen molar-refractivity contribution in [2.75, 3.05) is 17.5 Å². The molecule has 0 aromatic heterocycles. The summed E-state index contributed by atoms with van der Waals surface area (Å²) in [6.07, 6.45) is 1.12. The van der Waals surface area contributed by atoms with Crippen molar-refractivity contribution < 1.29 is 22.7 Å². The Morgan fingerprint density at radius 3 is 2.07 bits per heavy atom. The number of anilines is 1. The molecule has 0 spiro atoms. The van der Waals surface area contributed by atoms with E-state index in [9.17, 15) is 18.0 Å². The first-order valence-electron chi connectivity index (χ1n) is 14.1. The van der Waals surface area contributed by atoms with Gasteiger partial charge in [0.2, 0.25) is 11.8 Å². The molecule has 0 saturated carbocycles. The highest BCUT2D eigenvalue weighted by molar-refractivity contribution is 7.92. The zero-order valence-electron chi connectivity index (χ0n) is 24.5. The molecule has 0 aliphatic carbocycles. The molecule has 2 atom stereocenters. The lowest BCUT2D eigenvalue weighted by molar-refractivity contribution is -0.140. The molecular formula is C32H41N3O5S. The number of sulfonamides is 1. The van der Waals surface area contributed by atoms with Gasteiger partial charge in [0.05, 0.1) is 17.2 Å². The van der Waals surface area contributed by atoms with Crippen LogP contribution < -0.4 is 14.4 Å². The lowest BCUT2D eigenvalue weighted by Crippen LogP contribution is -2.53. The number of ether oxygens (including phenoxy) is 1. The van der Waals surface area contributed by atoms with Crippen molar-refractivity contribution in [2.45, 2.75) is 71.0 Å². The number of hydrogen-bond donors (Lipinski definition) is 1. The van der Waals surface area contributed by atoms with Gasteiger partial charge in [0, 0.05) is 12.6 Å². The normalized spacial score (nSPS) is 12.7. The summed E-state index contributed by atoms with van der Waals surface area (Å²) in [4.78, 5) is 29.0. The largest absolute Gasteiger partial charge is 0.494 e. The van der Waals surface area contributed by atoms with Crippen LogP contribution in [-0.2, 0) is 26.2 Å². The number of carbonyl (C=O) groups is 2. The highest BCUT2D eigenvalue weighted by Gasteiger charge is 2.34. The zero-order chi connectivity index (χ0) is 30.0. The molecule has 0 aliphatic heterocycles. The summed E-state index contributed by atoms with van der Waals surface area (Å²) in [5.41, 5.74) is 2.27. The average molecular weight is 580 g/mol. The summed E-state index contributed by atoms with van der Waals surface area (Å²) < 4.78 is 34.5. The van der Waals surface area contributed by atoms with Gasteiger partial charge in [-0.15, -0.1) is 0 Å². The van der Waals surface area contributed by atoms with Gasteiger partial charge >= 0.3 is 0 Å². The quantitative estimate of drug-likeness (QED) is 0.279. The molecule has 0 saturated heterocycles. The molecule has 3 rings (SSSR count). The number of aryl methyl sites for hydroxylation is 1. The summed E-state index contributed by atoms with van der Waals surface area (Å²) in [6, 6.07) is 21.6. The van der Waals surface area contributed by atoms with E-state index in [0.717, 1.165) is 21.9 Å². The predicted molar refractivity (Wildman–Crippen MR) is 162 cm³/mol. The molecule has 1 N–H and O–H groups in total. The fourth-order valence-corrected chi connectivity index (χ4v) is 5.79. The molecule has 2 amide bonds. The molecule has 0 radical (unpaired) electrons. The number of para-hydroxylation sites is 1. The molecule has 3 aromatic rings. The van der Waals surface area contributed by atoms with Crippen LogP contribution in [0.15, 0.2) is 83.8 Å². The lowest BCUT2D eigenvalue weighted by Gasteiger charge is -2.33. The van der Waals surface area contributed by atoms with Crippen LogP contribution in [0.2, 0.25) is 0 Å². The Labute approximate surface area is 244 Å². The third kappa shape index (κ3) is 8.33. The van der Waals surface area contributed by atoms with Gasteiger partial charge in [0.1, 0.15) is 18.3 Å². The van der Waals surface area contributed by atoms with Crippen LogP contribution in [0.1, 0.15) is 51.7 Å². The van der Waals surface area contributed by atoms with Crippen LogP contribution in [0, 0.1) is 6.92 Å². The molecular weight excluding hydrogens is 538 g/mol. The van der Waals surface area contributed by atoms with Crippen LogP contribution in [0.4, 0.5) is 5.69 Å². The predicted octanol–water partition coefficient (Wildman–Crippen LogP) is 5.31. The summed E-state index contributed by atoms with van der Waals surface area (Å²) in [5.74, 6) is -0.186. The van der Waals surface area contributed by atoms with Crippen LogP contribution in [-0.4, -0.2) is 50.4 Å². The van der Waals surface area contributed by atoms with E-state index in [1.807, 2.05) is 58.9 Å². The molecule has 220 valence electrons. The summed E-state index contributed by atoms with van der Waals surface area (Å²) in [7, 11) is -4.14. The van der Waals surface area contributed by atoms with E-state index in [4.69, 9.17) is 4.74 Å². The molecule has 2 unspecified atom stereocenters. The van der Waals surface area contributed by atoms with Gasteiger partial charge in [0.25, 0.3) is 10.0 Å². The first-order valence-corrected chi connectivity index (χ1v) is 15.5. The van der Waals surface area contributed by atoms with Crippen LogP contribution in [0.5, 0.6) is 5.75 Å². The Morgan fingerprint density at radius 2 is 1.51 bits per heavy atom. The van der Waals surface area contributed by atoms with Crippen molar-refractivity contribution in [2.24, 2.45) is 0 Å². The number of nitrogens with one attached hydrogen (secondary N) is 1. The minimum Gasteiger partial charge on any atom is -0.494 e. The highest BCUT2D eigenvalue weighted by Crippen LogP contribution is 2.26. The van der Waals surface area contributed by atoms with Crippen LogP contribution in [0.3, 0.4) is 0 Å². The summed E-state index contributed by atoms with van der Waals surface area (Å²) in [6.45, 7) is 9.71. The Balaban J connectivity index is 2.02. The molecule has 8 nitrogen and oxygen atoms in total. The topological polar surface area (TPSA) is 96.0 Å². The van der Waals surface area contributed by atoms with Crippen molar-refractivity contribution >= 4 is 27.5 Å². The van der Waals surface area contributed by atoms with E-state index >= 15 is 0 Å². The summed E-state index contributed by atoms with van der Waals surface area (Å²) in [5, 5.41) is 2.99. The second kappa shape index (κ2) is 14.7. The fraction of sp³-hybridized carbons (Fsp3) is 0.375. The van der Waals surface area contributed by atoms with Crippen molar-refractivity contribution in [3.05, 3.63) is 90.0 Å². The van der Waals surface area contributed by atoms with E-state index in [-0.39, 0.29) is 23.4 Å². The summed E-state index contributed by atoms with van der Waals surface area (Å²) >= 11 is 0. The second-order valence-corrected chi connectivity index (χ2v) is 11.9. The number of amides is 2. The molecule has 0 aliphatic rings. The Hall–Kier alpha value is -3.85. The maximum absolute atomic E-state index is 14.1. The third-order valence-electron chi connectivity index (χ3n) is 6.91. The van der Waals surface area contributed by atoms with Crippen molar-refractivity contribution in [3.63, 3.8) is 0 Å². The monoisotopic (exact) mass is 579 g/mol. The van der Waals surface area contributed by atoms with E-state index < -0.39 is 28.5 Å². The van der Waals surface area contributed by atoms with Crippen LogP contribution >= 0.6 is 0 Å². The van der Waals surface area contributed by atoms with Gasteiger partial charge in [-0.05, 0) is 75.6 Å². The first kappa shape index (κ1) is 31.7. The van der Waals surface area contributed by atoms with Gasteiger partial charge in [-0.1, -0.05) is 61.9 Å². The number of nitrogens with zero attached hydrogens (tertiary/aromatic N) is 2. The van der Waals surface area contributed by atoms with Crippen molar-refractivity contribution in [1.29, 1.82) is 0 Å². The molecule has 0 fully saturated rings. The van der Waals surface area contributed by atoms with Gasteiger partial charge in [-0.3, -0.25) is 13.9 Å². The van der Waals surface area contributed by atoms with E-state index in [1.54, 1.807) is 42.5 Å². The van der Waals surface area contributed by atoms with E-state index in [2.05, 4.69) is 5.32 Å². The second-order valence-electron chi connectivity index (χ2n) is 10.0. The maximum atomic E-state index is 14.1. The molecule has 0 bridgehead atoms. The molecule has 3 aromatic carbocycles. The van der Waals surface area contributed by atoms with Crippen LogP contribution in [0.25, 0.3) is 0 Å². The molecule has 41 heavy (non-hydrogen) atoms. The zero-order valence-corrected chi connectivity index (χ0v) is 25.4. The number of hydrogen-bond acceptors (Lipinski definition) is 5. The maximum Gasteiger partial charge on any atom is 0.264 e. The minimum absolute atomic E-state index is 0.0317. The average Bonchev–Trinajstić information content (AvgIpc) is 2.97. The van der Waals surface area contributed by atoms with E-state index in [0.29, 0.717) is 24.5 Å². The Morgan fingerprint density at radius 1 is 0.878 bits per heavy atom. The highest BCUT2D eigenvalue weighted by atomic mass is 32.2. The smallest absolute Gasteiger partial charge is 0.264 e. The lowest BCUT2D eigenvalue weighted by atomic mass is 10.1. The van der Waals surface area contributed by atoms with Gasteiger partial charge in [0.15, 0.2) is 0 Å². The van der Waals surface area contributed by atoms with Gasteiger partial charge in [-0.25, -0.2) is 8.42 Å². The van der Waals surface area contributed by atoms with Crippen molar-refractivity contribution in [1.82, 2.24) is 10.2 Å². The van der Waals surface area contributed by atoms with Crippen molar-refractivity contribution in [3.8, 4) is 5.75 Å². The Kier molecular flexibility index (Phi) is 11.3. The Bertz CT molecular complexity index is 1380. The SMILES string of the molecule is CCOc1ccc(S(=O)(=O)N(CC(=O)N(Cc2ccc(C)cc2)C(CC)C(=O)NC(C)CC)c2ccccc2)cc1. The van der Waals surface area contributed by atoms with E-state index in [1.165, 1.54) is 17.0 Å². The number of rotatable bonds is 14. The number of carbonyl (C=O) groups excluding carboxylic acids is 2.